The molecule has 0 aliphatic heterocycles. The molecular formula is C29H58BrO2P. The average Bonchev–Trinajstić information content (AvgIpc) is 2.77. The van der Waals surface area contributed by atoms with Crippen molar-refractivity contribution in [2.45, 2.75) is 149 Å². The van der Waals surface area contributed by atoms with Crippen LogP contribution >= 0.6 is 20.8 Å². The van der Waals surface area contributed by atoms with E-state index in [0.717, 1.165) is 12.8 Å². The standard InChI is InChI=1S/C29H58BrO2P/c1-7-10-13-16-19-22-25-33(6,30,26-23-20-17-14-11-8-2)28(32-29(31)27(4)5)24-21-18-15-12-9-3/h28H,4,7-26H2,1-3,5-6H3. The fourth-order valence-corrected chi connectivity index (χ4v) is 11.3. The molecule has 0 rings (SSSR count). The summed E-state index contributed by atoms with van der Waals surface area (Å²) in [6, 6.07) is 0. The number of hydrogen-bond acceptors (Lipinski definition) is 2. The van der Waals surface area contributed by atoms with E-state index in [1.807, 2.05) is 0 Å². The number of hydrogen-bond donors (Lipinski definition) is 0. The summed E-state index contributed by atoms with van der Waals surface area (Å²) in [5.74, 6) is -0.178. The SMILES string of the molecule is C=C(C)C(=O)OC(CCCCCCC)P(C)(Br)(CCCCCCCC)CCCCCCCC. The Balaban J connectivity index is 5.32. The normalized spacial score (nSPS) is 13.9. The van der Waals surface area contributed by atoms with Gasteiger partial charge in [0.05, 0.1) is 0 Å². The second-order valence-corrected chi connectivity index (χ2v) is 22.6. The van der Waals surface area contributed by atoms with E-state index in [-0.39, 0.29) is 11.8 Å². The van der Waals surface area contributed by atoms with Gasteiger partial charge in [-0.3, -0.25) is 0 Å². The molecule has 0 amide bonds. The second-order valence-electron chi connectivity index (χ2n) is 10.8. The first-order valence-corrected chi connectivity index (χ1v) is 19.4. The van der Waals surface area contributed by atoms with Gasteiger partial charge in [0.15, 0.2) is 0 Å². The molecule has 2 nitrogen and oxygen atoms in total. The van der Waals surface area contributed by atoms with Crippen molar-refractivity contribution >= 4 is 26.8 Å². The van der Waals surface area contributed by atoms with Crippen LogP contribution < -0.4 is 0 Å². The van der Waals surface area contributed by atoms with Crippen LogP contribution in [0, 0.1) is 0 Å². The fraction of sp³-hybridized carbons (Fsp3) is 0.897. The predicted molar refractivity (Wildman–Crippen MR) is 156 cm³/mol. The van der Waals surface area contributed by atoms with Gasteiger partial charge in [0.1, 0.15) is 0 Å². The van der Waals surface area contributed by atoms with Crippen LogP contribution in [-0.2, 0) is 9.53 Å². The predicted octanol–water partition coefficient (Wildman–Crippen LogP) is 11.0. The minimum atomic E-state index is -2.36. The number of rotatable bonds is 23. The molecule has 0 saturated heterocycles. The molecule has 198 valence electrons. The van der Waals surface area contributed by atoms with E-state index in [1.165, 1.54) is 115 Å². The number of carbonyl (C=O) groups excluding carboxylic acids is 1. The van der Waals surface area contributed by atoms with Crippen LogP contribution in [-0.4, -0.2) is 30.8 Å². The van der Waals surface area contributed by atoms with E-state index in [2.05, 4.69) is 49.5 Å². The maximum atomic E-state index is 12.7. The number of ether oxygens (including phenoxy) is 1. The summed E-state index contributed by atoms with van der Waals surface area (Å²) in [6.45, 7) is 14.9. The zero-order chi connectivity index (χ0) is 25.0. The molecule has 0 aromatic heterocycles. The molecule has 0 spiro atoms. The van der Waals surface area contributed by atoms with Crippen molar-refractivity contribution in [2.75, 3.05) is 19.0 Å². The van der Waals surface area contributed by atoms with Gasteiger partial charge in [0.25, 0.3) is 0 Å². The zero-order valence-electron chi connectivity index (χ0n) is 23.1. The Kier molecular flexibility index (Phi) is 19.4. The Morgan fingerprint density at radius 3 is 1.48 bits per heavy atom. The van der Waals surface area contributed by atoms with Gasteiger partial charge in [-0.05, 0) is 0 Å². The van der Waals surface area contributed by atoms with E-state index >= 15 is 0 Å². The molecule has 0 aromatic carbocycles. The van der Waals surface area contributed by atoms with Crippen molar-refractivity contribution in [2.24, 2.45) is 0 Å². The molecule has 0 aliphatic rings. The first kappa shape index (κ1) is 33.1. The molecule has 0 bridgehead atoms. The molecule has 1 unspecified atom stereocenters. The van der Waals surface area contributed by atoms with E-state index in [0.29, 0.717) is 5.57 Å². The van der Waals surface area contributed by atoms with E-state index < -0.39 is 5.31 Å². The van der Waals surface area contributed by atoms with Gasteiger partial charge in [-0.1, -0.05) is 0 Å². The Labute approximate surface area is 216 Å². The zero-order valence-corrected chi connectivity index (χ0v) is 25.5. The van der Waals surface area contributed by atoms with Gasteiger partial charge in [-0.25, -0.2) is 0 Å². The molecule has 0 aliphatic carbocycles. The Morgan fingerprint density at radius 2 is 1.09 bits per heavy atom. The molecule has 0 radical (unpaired) electrons. The van der Waals surface area contributed by atoms with Crippen molar-refractivity contribution in [3.05, 3.63) is 12.2 Å². The van der Waals surface area contributed by atoms with Gasteiger partial charge < -0.3 is 0 Å². The average molecular weight is 550 g/mol. The van der Waals surface area contributed by atoms with Crippen LogP contribution in [0.5, 0.6) is 0 Å². The summed E-state index contributed by atoms with van der Waals surface area (Å²) in [6.07, 6.45) is 25.3. The van der Waals surface area contributed by atoms with Crippen molar-refractivity contribution in [3.63, 3.8) is 0 Å². The monoisotopic (exact) mass is 548 g/mol. The van der Waals surface area contributed by atoms with Crippen LogP contribution in [0.2, 0.25) is 0 Å². The minimum absolute atomic E-state index is 0.0214. The summed E-state index contributed by atoms with van der Waals surface area (Å²) in [5, 5.41) is -2.36. The summed E-state index contributed by atoms with van der Waals surface area (Å²) in [4.78, 5) is 12.7. The van der Waals surface area contributed by atoms with E-state index in [9.17, 15) is 4.79 Å². The van der Waals surface area contributed by atoms with Crippen molar-refractivity contribution in [1.82, 2.24) is 0 Å². The van der Waals surface area contributed by atoms with Crippen LogP contribution in [0.15, 0.2) is 12.2 Å². The van der Waals surface area contributed by atoms with Crippen LogP contribution in [0.4, 0.5) is 0 Å². The van der Waals surface area contributed by atoms with Gasteiger partial charge in [-0.15, -0.1) is 0 Å². The van der Waals surface area contributed by atoms with Crippen molar-refractivity contribution in [3.8, 4) is 0 Å². The molecule has 1 atom stereocenters. The Hall–Kier alpha value is 0.120. The third-order valence-electron chi connectivity index (χ3n) is 7.16. The Bertz CT molecular complexity index is 498. The molecule has 0 fully saturated rings. The molecule has 0 aromatic rings. The number of halogens is 1. The third-order valence-corrected chi connectivity index (χ3v) is 15.6. The van der Waals surface area contributed by atoms with Crippen LogP contribution in [0.25, 0.3) is 0 Å². The molecule has 4 heteroatoms. The molecular weight excluding hydrogens is 491 g/mol. The second kappa shape index (κ2) is 19.3. The molecule has 0 N–H and O–H groups in total. The molecule has 0 saturated carbocycles. The summed E-state index contributed by atoms with van der Waals surface area (Å²) >= 11 is 4.41. The molecule has 33 heavy (non-hydrogen) atoms. The summed E-state index contributed by atoms with van der Waals surface area (Å²) in [7, 11) is 0. The number of esters is 1. The maximum absolute atomic E-state index is 12.7. The van der Waals surface area contributed by atoms with E-state index in [4.69, 9.17) is 4.74 Å². The van der Waals surface area contributed by atoms with E-state index in [1.54, 1.807) is 6.92 Å². The first-order chi connectivity index (χ1) is 15.7. The van der Waals surface area contributed by atoms with Gasteiger partial charge >= 0.3 is 217 Å². The van der Waals surface area contributed by atoms with Gasteiger partial charge in [-0.2, -0.15) is 0 Å². The Morgan fingerprint density at radius 1 is 0.727 bits per heavy atom. The molecule has 0 heterocycles. The van der Waals surface area contributed by atoms with Crippen molar-refractivity contribution in [1.29, 1.82) is 0 Å². The fourth-order valence-electron chi connectivity index (χ4n) is 4.74. The van der Waals surface area contributed by atoms with Gasteiger partial charge in [0, 0.05) is 0 Å². The topological polar surface area (TPSA) is 26.3 Å². The number of unbranched alkanes of at least 4 members (excludes halogenated alkanes) is 14. The summed E-state index contributed by atoms with van der Waals surface area (Å²) < 4.78 is 6.25. The van der Waals surface area contributed by atoms with Gasteiger partial charge in [0.2, 0.25) is 0 Å². The summed E-state index contributed by atoms with van der Waals surface area (Å²) in [5.41, 5.74) is 0.524. The first-order valence-electron chi connectivity index (χ1n) is 14.3. The van der Waals surface area contributed by atoms with Crippen molar-refractivity contribution < 1.29 is 9.53 Å². The quantitative estimate of drug-likeness (QED) is 0.0548. The number of carbonyl (C=O) groups is 1. The third kappa shape index (κ3) is 15.7. The van der Waals surface area contributed by atoms with Crippen LogP contribution in [0.1, 0.15) is 143 Å². The van der Waals surface area contributed by atoms with Crippen LogP contribution in [0.3, 0.4) is 0 Å².